The van der Waals surface area contributed by atoms with Crippen molar-refractivity contribution in [2.24, 2.45) is 0 Å². The number of rotatable bonds is 2. The molecule has 0 saturated carbocycles. The first-order valence-electron chi connectivity index (χ1n) is 4.07. The van der Waals surface area contributed by atoms with E-state index in [9.17, 15) is 0 Å². The normalized spacial score (nSPS) is 20.4. The minimum atomic E-state index is -0.850. The molecular weight excluding hydrogens is 386 g/mol. The Labute approximate surface area is 110 Å². The predicted molar refractivity (Wildman–Crippen MR) is 49.1 cm³/mol. The Hall–Kier alpha value is 1.15. The second-order valence-corrected chi connectivity index (χ2v) is 12.1. The van der Waals surface area contributed by atoms with E-state index in [1.54, 1.807) is 5.57 Å². The van der Waals surface area contributed by atoms with Crippen molar-refractivity contribution in [2.45, 2.75) is 29.4 Å². The van der Waals surface area contributed by atoms with Crippen LogP contribution in [0.4, 0.5) is 0 Å². The maximum Gasteiger partial charge on any atom is -1.00 e. The van der Waals surface area contributed by atoms with Gasteiger partial charge in [-0.05, 0) is 0 Å². The van der Waals surface area contributed by atoms with E-state index in [1.807, 2.05) is 0 Å². The van der Waals surface area contributed by atoms with E-state index < -0.39 is 8.07 Å². The first kappa shape index (κ1) is 16.6. The molecule has 0 nitrogen and oxygen atoms in total. The van der Waals surface area contributed by atoms with E-state index in [1.165, 1.54) is 30.4 Å². The zero-order valence-corrected chi connectivity index (χ0v) is 14.4. The van der Waals surface area contributed by atoms with Gasteiger partial charge in [-0.2, -0.15) is 0 Å². The van der Waals surface area contributed by atoms with Gasteiger partial charge in [0, 0.05) is 0 Å². The maximum atomic E-state index is 2.44. The van der Waals surface area contributed by atoms with Crippen LogP contribution in [0.15, 0.2) is 23.8 Å². The molecular formula is C9H15Cl2HfSi. The Balaban J connectivity index is 0. The van der Waals surface area contributed by atoms with Gasteiger partial charge in [-0.1, -0.05) is 0 Å². The largest absolute Gasteiger partial charge is 1.00 e. The molecule has 0 saturated heterocycles. The second kappa shape index (κ2) is 6.60. The fourth-order valence-electron chi connectivity index (χ4n) is 1.30. The van der Waals surface area contributed by atoms with Crippen molar-refractivity contribution in [3.63, 3.8) is 0 Å². The van der Waals surface area contributed by atoms with Crippen LogP contribution in [0.25, 0.3) is 0 Å². The van der Waals surface area contributed by atoms with E-state index in [4.69, 9.17) is 0 Å². The summed E-state index contributed by atoms with van der Waals surface area (Å²) in [6.45, 7) is 7.33. The minimum absolute atomic E-state index is 0. The Morgan fingerprint density at radius 2 is 1.85 bits per heavy atom. The molecule has 0 aromatic carbocycles. The molecule has 1 aliphatic carbocycles. The summed E-state index contributed by atoms with van der Waals surface area (Å²) >= 11 is 1.30. The summed E-state index contributed by atoms with van der Waals surface area (Å²) in [5, 5.41) is 0. The molecule has 1 rings (SSSR count). The van der Waals surface area contributed by atoms with Gasteiger partial charge in [0.05, 0.1) is 0 Å². The van der Waals surface area contributed by atoms with Gasteiger partial charge in [-0.25, -0.2) is 0 Å². The summed E-state index contributed by atoms with van der Waals surface area (Å²) in [7, 11) is -0.850. The molecule has 0 spiro atoms. The Morgan fingerprint density at radius 1 is 1.31 bits per heavy atom. The van der Waals surface area contributed by atoms with Crippen molar-refractivity contribution in [3.05, 3.63) is 23.8 Å². The van der Waals surface area contributed by atoms with Gasteiger partial charge in [0.1, 0.15) is 0 Å². The van der Waals surface area contributed by atoms with E-state index in [2.05, 4.69) is 37.9 Å². The SMILES string of the molecule is C[Si](C)(C)CC1=CC=C[CH]1[Hf+2].[Cl-].[Cl-]. The van der Waals surface area contributed by atoms with E-state index in [0.29, 0.717) is 0 Å². The molecule has 13 heavy (non-hydrogen) atoms. The fourth-order valence-corrected chi connectivity index (χ4v) is 4.71. The molecule has 0 aromatic rings. The van der Waals surface area contributed by atoms with Crippen LogP contribution in [0.5, 0.6) is 0 Å². The quantitative estimate of drug-likeness (QED) is 0.438. The fraction of sp³-hybridized carbons (Fsp3) is 0.556. The van der Waals surface area contributed by atoms with Crippen molar-refractivity contribution in [1.29, 1.82) is 0 Å². The third-order valence-electron chi connectivity index (χ3n) is 1.75. The summed E-state index contributed by atoms with van der Waals surface area (Å²) in [5.74, 6) is 0. The maximum absolute atomic E-state index is 2.44. The van der Waals surface area contributed by atoms with E-state index >= 15 is 0 Å². The monoisotopic (exact) mass is 401 g/mol. The molecule has 0 bridgehead atoms. The third kappa shape index (κ3) is 6.27. The molecule has 0 radical (unpaired) electrons. The van der Waals surface area contributed by atoms with Crippen molar-refractivity contribution in [1.82, 2.24) is 0 Å². The third-order valence-corrected chi connectivity index (χ3v) is 5.24. The zero-order valence-electron chi connectivity index (χ0n) is 8.27. The van der Waals surface area contributed by atoms with Crippen LogP contribution in [0.1, 0.15) is 0 Å². The van der Waals surface area contributed by atoms with Gasteiger partial charge >= 0.3 is 85.6 Å². The standard InChI is InChI=1S/C9H15Si.2ClH.Hf/c1-10(2,3)8-9-6-4-5-7-9;;;/h4-7H,8H2,1-3H3;2*1H;/q;;;+2/p-2. The first-order valence-corrected chi connectivity index (χ1v) is 9.85. The summed E-state index contributed by atoms with van der Waals surface area (Å²) in [4.78, 5) is 0. The molecule has 0 aromatic heterocycles. The summed E-state index contributed by atoms with van der Waals surface area (Å²) in [6, 6.07) is 1.40. The first-order chi connectivity index (χ1) is 4.99. The summed E-state index contributed by atoms with van der Waals surface area (Å²) < 4.78 is 0.849. The summed E-state index contributed by atoms with van der Waals surface area (Å²) in [5.41, 5.74) is 1.70. The van der Waals surface area contributed by atoms with Gasteiger partial charge in [0.2, 0.25) is 0 Å². The van der Waals surface area contributed by atoms with Crippen LogP contribution in [0, 0.1) is 0 Å². The van der Waals surface area contributed by atoms with E-state index in [0.717, 1.165) is 3.67 Å². The molecule has 4 heteroatoms. The van der Waals surface area contributed by atoms with Crippen molar-refractivity contribution >= 4 is 8.07 Å². The molecule has 1 atom stereocenters. The van der Waals surface area contributed by atoms with Gasteiger partial charge in [-0.3, -0.25) is 0 Å². The van der Waals surface area contributed by atoms with Crippen LogP contribution in [0.2, 0.25) is 29.4 Å². The number of halogens is 2. The molecule has 1 aliphatic rings. The number of hydrogen-bond donors (Lipinski definition) is 0. The molecule has 73 valence electrons. The number of allylic oxidation sites excluding steroid dienone is 4. The molecule has 1 unspecified atom stereocenters. The Kier molecular flexibility index (Phi) is 8.41. The van der Waals surface area contributed by atoms with Crippen molar-refractivity contribution < 1.29 is 49.2 Å². The zero-order chi connectivity index (χ0) is 8.48. The van der Waals surface area contributed by atoms with Crippen molar-refractivity contribution in [3.8, 4) is 0 Å². The summed E-state index contributed by atoms with van der Waals surface area (Å²) in [6.07, 6.45) is 6.91. The van der Waals surface area contributed by atoms with Gasteiger partial charge in [0.15, 0.2) is 0 Å². The molecule has 0 fully saturated rings. The minimum Gasteiger partial charge on any atom is -1.00 e. The van der Waals surface area contributed by atoms with Gasteiger partial charge in [0.25, 0.3) is 0 Å². The van der Waals surface area contributed by atoms with Crippen LogP contribution >= 0.6 is 0 Å². The average Bonchev–Trinajstić information content (AvgIpc) is 2.12. The predicted octanol–water partition coefficient (Wildman–Crippen LogP) is -2.84. The topological polar surface area (TPSA) is 0 Å². The van der Waals surface area contributed by atoms with Crippen LogP contribution < -0.4 is 24.8 Å². The smallest absolute Gasteiger partial charge is 1.00 e. The Bertz CT molecular complexity index is 206. The van der Waals surface area contributed by atoms with E-state index in [-0.39, 0.29) is 24.8 Å². The van der Waals surface area contributed by atoms with Gasteiger partial charge < -0.3 is 24.8 Å². The number of hydrogen-bond acceptors (Lipinski definition) is 0. The van der Waals surface area contributed by atoms with Gasteiger partial charge in [-0.15, -0.1) is 0 Å². The average molecular weight is 401 g/mol. The molecule has 0 heterocycles. The molecule has 0 amide bonds. The van der Waals surface area contributed by atoms with Crippen LogP contribution in [0.3, 0.4) is 0 Å². The van der Waals surface area contributed by atoms with Crippen molar-refractivity contribution in [2.75, 3.05) is 0 Å². The van der Waals surface area contributed by atoms with Crippen LogP contribution in [-0.4, -0.2) is 8.07 Å². The molecule has 0 aliphatic heterocycles. The second-order valence-electron chi connectivity index (χ2n) is 4.34. The Morgan fingerprint density at radius 3 is 2.15 bits per heavy atom. The van der Waals surface area contributed by atoms with Crippen LogP contribution in [-0.2, 0) is 24.4 Å². The molecule has 0 N–H and O–H groups in total.